The maximum Gasteiger partial charge on any atom is 0.243 e. The molecule has 0 saturated carbocycles. The van der Waals surface area contributed by atoms with Gasteiger partial charge in [0.15, 0.2) is 0 Å². The maximum absolute atomic E-state index is 13.5. The van der Waals surface area contributed by atoms with Crippen LogP contribution in [-0.4, -0.2) is 24.8 Å². The Labute approximate surface area is 119 Å². The Morgan fingerprint density at radius 1 is 1.30 bits per heavy atom. The number of sulfonamides is 1. The molecule has 2 N–H and O–H groups in total. The fourth-order valence-electron chi connectivity index (χ4n) is 2.92. The van der Waals surface area contributed by atoms with Crippen molar-refractivity contribution in [1.29, 1.82) is 0 Å². The third-order valence-electron chi connectivity index (χ3n) is 3.92. The van der Waals surface area contributed by atoms with Crippen molar-refractivity contribution in [2.75, 3.05) is 0 Å². The number of nitrogens with zero attached hydrogens (tertiary/aromatic N) is 1. The Hall–Kier alpha value is -0.980. The standard InChI is InChI=1S/C14H21FN2O2S/c1-10-4-3-5-11(2)17(10)20(18,19)14-8-13(15)7-6-12(14)9-16/h6-8,10-11H,3-5,9,16H2,1-2H3/t10-,11+. The first-order valence-electron chi connectivity index (χ1n) is 6.90. The van der Waals surface area contributed by atoms with Crippen molar-refractivity contribution in [2.24, 2.45) is 5.73 Å². The summed E-state index contributed by atoms with van der Waals surface area (Å²) in [7, 11) is -3.71. The van der Waals surface area contributed by atoms with Gasteiger partial charge in [-0.15, -0.1) is 0 Å². The topological polar surface area (TPSA) is 63.4 Å². The predicted molar refractivity (Wildman–Crippen MR) is 76.1 cm³/mol. The fourth-order valence-corrected chi connectivity index (χ4v) is 5.05. The van der Waals surface area contributed by atoms with Crippen molar-refractivity contribution in [3.63, 3.8) is 0 Å². The zero-order valence-electron chi connectivity index (χ0n) is 11.8. The number of nitrogens with two attached hydrogens (primary N) is 1. The van der Waals surface area contributed by atoms with Crippen LogP contribution < -0.4 is 5.73 Å². The molecule has 0 bridgehead atoms. The van der Waals surface area contributed by atoms with E-state index in [1.54, 1.807) is 0 Å². The predicted octanol–water partition coefficient (Wildman–Crippen LogP) is 2.24. The number of hydrogen-bond acceptors (Lipinski definition) is 3. The molecule has 1 aromatic carbocycles. The lowest BCUT2D eigenvalue weighted by Crippen LogP contribution is -2.47. The van der Waals surface area contributed by atoms with Gasteiger partial charge in [-0.25, -0.2) is 12.8 Å². The van der Waals surface area contributed by atoms with Gasteiger partial charge in [0.1, 0.15) is 5.82 Å². The molecule has 1 saturated heterocycles. The first-order chi connectivity index (χ1) is 9.37. The van der Waals surface area contributed by atoms with Gasteiger partial charge in [-0.05, 0) is 44.4 Å². The summed E-state index contributed by atoms with van der Waals surface area (Å²) in [4.78, 5) is 0.000556. The van der Waals surface area contributed by atoms with Gasteiger partial charge in [0, 0.05) is 18.6 Å². The van der Waals surface area contributed by atoms with Gasteiger partial charge >= 0.3 is 0 Å². The van der Waals surface area contributed by atoms with Crippen LogP contribution in [0, 0.1) is 5.82 Å². The number of benzene rings is 1. The summed E-state index contributed by atoms with van der Waals surface area (Å²) in [5.41, 5.74) is 6.05. The fraction of sp³-hybridized carbons (Fsp3) is 0.571. The summed E-state index contributed by atoms with van der Waals surface area (Å²) >= 11 is 0. The molecular weight excluding hydrogens is 279 g/mol. The van der Waals surface area contributed by atoms with Crippen molar-refractivity contribution in [2.45, 2.75) is 56.6 Å². The number of piperidine rings is 1. The van der Waals surface area contributed by atoms with Crippen molar-refractivity contribution in [3.8, 4) is 0 Å². The van der Waals surface area contributed by atoms with Crippen molar-refractivity contribution in [1.82, 2.24) is 4.31 Å². The second kappa shape index (κ2) is 5.79. The van der Waals surface area contributed by atoms with E-state index in [9.17, 15) is 12.8 Å². The zero-order valence-corrected chi connectivity index (χ0v) is 12.7. The molecule has 0 radical (unpaired) electrons. The summed E-state index contributed by atoms with van der Waals surface area (Å²) in [6.45, 7) is 3.87. The van der Waals surface area contributed by atoms with Crippen LogP contribution in [-0.2, 0) is 16.6 Å². The van der Waals surface area contributed by atoms with E-state index in [1.807, 2.05) is 13.8 Å². The second-order valence-electron chi connectivity index (χ2n) is 5.42. The van der Waals surface area contributed by atoms with Gasteiger partial charge < -0.3 is 5.73 Å². The van der Waals surface area contributed by atoms with E-state index < -0.39 is 15.8 Å². The SMILES string of the molecule is C[C@@H]1CCC[C@H](C)N1S(=O)(=O)c1cc(F)ccc1CN. The third-order valence-corrected chi connectivity index (χ3v) is 6.13. The van der Waals surface area contributed by atoms with Crippen LogP contribution in [0.5, 0.6) is 0 Å². The molecular formula is C14H21FN2O2S. The third kappa shape index (κ3) is 2.73. The van der Waals surface area contributed by atoms with Crippen LogP contribution >= 0.6 is 0 Å². The molecule has 20 heavy (non-hydrogen) atoms. The minimum Gasteiger partial charge on any atom is -0.326 e. The zero-order chi connectivity index (χ0) is 14.9. The molecule has 1 fully saturated rings. The van der Waals surface area contributed by atoms with E-state index in [2.05, 4.69) is 0 Å². The van der Waals surface area contributed by atoms with Crippen LogP contribution in [0.25, 0.3) is 0 Å². The molecule has 1 aliphatic heterocycles. The van der Waals surface area contributed by atoms with Gasteiger partial charge in [0.2, 0.25) is 10.0 Å². The largest absolute Gasteiger partial charge is 0.326 e. The summed E-state index contributed by atoms with van der Waals surface area (Å²) in [6.07, 6.45) is 2.68. The summed E-state index contributed by atoms with van der Waals surface area (Å²) in [5, 5.41) is 0. The Morgan fingerprint density at radius 3 is 2.45 bits per heavy atom. The molecule has 4 nitrogen and oxygen atoms in total. The van der Waals surface area contributed by atoms with E-state index >= 15 is 0 Å². The molecule has 0 amide bonds. The van der Waals surface area contributed by atoms with E-state index in [4.69, 9.17) is 5.73 Å². The summed E-state index contributed by atoms with van der Waals surface area (Å²) in [6, 6.07) is 3.62. The molecule has 2 atom stereocenters. The van der Waals surface area contributed by atoms with Crippen LogP contribution in [0.2, 0.25) is 0 Å². The van der Waals surface area contributed by atoms with Crippen LogP contribution in [0.1, 0.15) is 38.7 Å². The van der Waals surface area contributed by atoms with Crippen LogP contribution in [0.15, 0.2) is 23.1 Å². The molecule has 2 rings (SSSR count). The molecule has 1 aromatic rings. The minimum atomic E-state index is -3.71. The molecule has 0 aliphatic carbocycles. The summed E-state index contributed by atoms with van der Waals surface area (Å²) in [5.74, 6) is -0.557. The Kier molecular flexibility index (Phi) is 4.46. The van der Waals surface area contributed by atoms with E-state index in [-0.39, 0.29) is 23.5 Å². The van der Waals surface area contributed by atoms with Gasteiger partial charge in [0.25, 0.3) is 0 Å². The highest BCUT2D eigenvalue weighted by molar-refractivity contribution is 7.89. The van der Waals surface area contributed by atoms with Gasteiger partial charge in [-0.3, -0.25) is 0 Å². The molecule has 1 heterocycles. The Morgan fingerprint density at radius 2 is 1.90 bits per heavy atom. The monoisotopic (exact) mass is 300 g/mol. The first kappa shape index (κ1) is 15.4. The molecule has 0 spiro atoms. The number of hydrogen-bond donors (Lipinski definition) is 1. The molecule has 0 aromatic heterocycles. The normalized spacial score (nSPS) is 24.8. The van der Waals surface area contributed by atoms with Crippen molar-refractivity contribution in [3.05, 3.63) is 29.6 Å². The van der Waals surface area contributed by atoms with Crippen LogP contribution in [0.3, 0.4) is 0 Å². The molecule has 1 aliphatic rings. The number of rotatable bonds is 3. The quantitative estimate of drug-likeness (QED) is 0.931. The van der Waals surface area contributed by atoms with E-state index in [1.165, 1.54) is 16.4 Å². The second-order valence-corrected chi connectivity index (χ2v) is 7.23. The summed E-state index contributed by atoms with van der Waals surface area (Å²) < 4.78 is 40.6. The maximum atomic E-state index is 13.5. The molecule has 0 unspecified atom stereocenters. The lowest BCUT2D eigenvalue weighted by molar-refractivity contribution is 0.204. The molecule has 6 heteroatoms. The lowest BCUT2D eigenvalue weighted by Gasteiger charge is -2.38. The Balaban J connectivity index is 2.51. The lowest BCUT2D eigenvalue weighted by atomic mass is 10.0. The highest BCUT2D eigenvalue weighted by Crippen LogP contribution is 2.31. The van der Waals surface area contributed by atoms with E-state index in [0.717, 1.165) is 25.3 Å². The van der Waals surface area contributed by atoms with Gasteiger partial charge in [-0.2, -0.15) is 4.31 Å². The highest BCUT2D eigenvalue weighted by Gasteiger charge is 2.36. The van der Waals surface area contributed by atoms with E-state index in [0.29, 0.717) is 5.56 Å². The molecule has 112 valence electrons. The van der Waals surface area contributed by atoms with Gasteiger partial charge in [0.05, 0.1) is 4.90 Å². The van der Waals surface area contributed by atoms with Crippen molar-refractivity contribution >= 4 is 10.0 Å². The van der Waals surface area contributed by atoms with Crippen molar-refractivity contribution < 1.29 is 12.8 Å². The van der Waals surface area contributed by atoms with Gasteiger partial charge in [-0.1, -0.05) is 12.5 Å². The highest BCUT2D eigenvalue weighted by atomic mass is 32.2. The Bertz CT molecular complexity index is 579. The smallest absolute Gasteiger partial charge is 0.243 e. The first-order valence-corrected chi connectivity index (χ1v) is 8.34. The average Bonchev–Trinajstić information content (AvgIpc) is 2.38. The number of halogens is 1. The minimum absolute atomic E-state index is 0.000556. The average molecular weight is 300 g/mol. The van der Waals surface area contributed by atoms with Crippen LogP contribution in [0.4, 0.5) is 4.39 Å².